The van der Waals surface area contributed by atoms with Crippen LogP contribution in [0.5, 0.6) is 0 Å². The summed E-state index contributed by atoms with van der Waals surface area (Å²) in [6.45, 7) is 13.9. The van der Waals surface area contributed by atoms with E-state index >= 15 is 0 Å². The second-order valence-electron chi connectivity index (χ2n) is 9.01. The van der Waals surface area contributed by atoms with Gasteiger partial charge in [0.15, 0.2) is 0 Å². The molecule has 8 nitrogen and oxygen atoms in total. The first kappa shape index (κ1) is 25.8. The second kappa shape index (κ2) is 11.4. The molecule has 32 heavy (non-hydrogen) atoms. The molecule has 1 aliphatic heterocycles. The smallest absolute Gasteiger partial charge is 0.317 e. The van der Waals surface area contributed by atoms with E-state index in [4.69, 9.17) is 11.6 Å². The lowest BCUT2D eigenvalue weighted by molar-refractivity contribution is -0.139. The summed E-state index contributed by atoms with van der Waals surface area (Å²) in [5.74, 6) is -0.533. The van der Waals surface area contributed by atoms with Crippen LogP contribution in [0.1, 0.15) is 41.5 Å². The van der Waals surface area contributed by atoms with Crippen LogP contribution in [0.25, 0.3) is 0 Å². The van der Waals surface area contributed by atoms with E-state index in [-0.39, 0.29) is 42.4 Å². The van der Waals surface area contributed by atoms with E-state index in [0.717, 1.165) is 5.69 Å². The van der Waals surface area contributed by atoms with Gasteiger partial charge in [-0.25, -0.2) is 4.79 Å². The lowest BCUT2D eigenvalue weighted by Crippen LogP contribution is -2.52. The molecule has 2 N–H and O–H groups in total. The summed E-state index contributed by atoms with van der Waals surface area (Å²) >= 11 is 6.33. The Hall–Kier alpha value is -2.48. The Morgan fingerprint density at radius 1 is 1.03 bits per heavy atom. The molecular weight excluding hydrogens is 430 g/mol. The van der Waals surface area contributed by atoms with E-state index in [1.54, 1.807) is 15.9 Å². The normalized spacial score (nSPS) is 14.2. The zero-order chi connectivity index (χ0) is 24.0. The molecule has 1 aromatic carbocycles. The van der Waals surface area contributed by atoms with Crippen LogP contribution in [0.2, 0.25) is 5.02 Å². The maximum Gasteiger partial charge on any atom is 0.317 e. The van der Waals surface area contributed by atoms with E-state index in [2.05, 4.69) is 15.5 Å². The molecule has 9 heteroatoms. The Kier molecular flexibility index (Phi) is 9.19. The molecule has 0 unspecified atom stereocenters. The van der Waals surface area contributed by atoms with Crippen molar-refractivity contribution in [3.05, 3.63) is 23.2 Å². The van der Waals surface area contributed by atoms with Crippen LogP contribution in [0.15, 0.2) is 18.2 Å². The number of carbonyl (C=O) groups is 3. The fourth-order valence-corrected chi connectivity index (χ4v) is 3.67. The van der Waals surface area contributed by atoms with Crippen molar-refractivity contribution in [2.75, 3.05) is 42.9 Å². The number of halogens is 1. The molecule has 0 radical (unpaired) electrons. The number of benzene rings is 1. The van der Waals surface area contributed by atoms with Gasteiger partial charge in [0, 0.05) is 49.9 Å². The summed E-state index contributed by atoms with van der Waals surface area (Å²) in [6.07, 6.45) is 0. The number of carbonyl (C=O) groups excluding carboxylic acids is 3. The van der Waals surface area contributed by atoms with E-state index in [1.165, 1.54) is 0 Å². The highest BCUT2D eigenvalue weighted by Crippen LogP contribution is 2.28. The fraction of sp³-hybridized carbons (Fsp3) is 0.609. The second-order valence-corrected chi connectivity index (χ2v) is 9.41. The van der Waals surface area contributed by atoms with Gasteiger partial charge in [0.2, 0.25) is 11.8 Å². The highest BCUT2D eigenvalue weighted by Gasteiger charge is 2.24. The zero-order valence-electron chi connectivity index (χ0n) is 19.9. The minimum absolute atomic E-state index is 0.0289. The van der Waals surface area contributed by atoms with Crippen LogP contribution < -0.4 is 15.5 Å². The third-order valence-electron chi connectivity index (χ3n) is 5.28. The molecule has 1 heterocycles. The van der Waals surface area contributed by atoms with Crippen LogP contribution >= 0.6 is 11.6 Å². The third kappa shape index (κ3) is 7.02. The van der Waals surface area contributed by atoms with Crippen LogP contribution in [-0.2, 0) is 9.59 Å². The number of anilines is 2. The number of urea groups is 1. The SMILES string of the molecule is CC(C)NC(=O)N1CCN(c2ccc(Cl)c(NC(=O)CN(C(=O)C(C)C)C(C)C)c2)CC1. The van der Waals surface area contributed by atoms with Crippen molar-refractivity contribution in [2.24, 2.45) is 5.92 Å². The number of rotatable bonds is 7. The molecule has 0 aromatic heterocycles. The number of hydrogen-bond donors (Lipinski definition) is 2. The largest absolute Gasteiger partial charge is 0.368 e. The van der Waals surface area contributed by atoms with Gasteiger partial charge >= 0.3 is 6.03 Å². The Labute approximate surface area is 196 Å². The lowest BCUT2D eigenvalue weighted by atomic mass is 10.1. The molecule has 0 bridgehead atoms. The average molecular weight is 466 g/mol. The molecule has 0 saturated carbocycles. The van der Waals surface area contributed by atoms with Gasteiger partial charge in [0.05, 0.1) is 10.7 Å². The quantitative estimate of drug-likeness (QED) is 0.646. The van der Waals surface area contributed by atoms with Crippen molar-refractivity contribution in [3.63, 3.8) is 0 Å². The lowest BCUT2D eigenvalue weighted by Gasteiger charge is -2.36. The molecule has 0 aliphatic carbocycles. The van der Waals surface area contributed by atoms with Gasteiger partial charge in [-0.3, -0.25) is 9.59 Å². The molecule has 178 valence electrons. The Bertz CT molecular complexity index is 820. The summed E-state index contributed by atoms with van der Waals surface area (Å²) in [6, 6.07) is 5.48. The van der Waals surface area contributed by atoms with E-state index in [1.807, 2.05) is 53.7 Å². The predicted molar refractivity (Wildman–Crippen MR) is 129 cm³/mol. The maximum absolute atomic E-state index is 12.7. The predicted octanol–water partition coefficient (Wildman–Crippen LogP) is 3.41. The fourth-order valence-electron chi connectivity index (χ4n) is 3.50. The highest BCUT2D eigenvalue weighted by molar-refractivity contribution is 6.33. The Morgan fingerprint density at radius 2 is 1.66 bits per heavy atom. The maximum atomic E-state index is 12.7. The first-order valence-corrected chi connectivity index (χ1v) is 11.6. The average Bonchev–Trinajstić information content (AvgIpc) is 2.72. The molecule has 1 aliphatic rings. The molecular formula is C23H36ClN5O3. The van der Waals surface area contributed by atoms with Crippen molar-refractivity contribution < 1.29 is 14.4 Å². The summed E-state index contributed by atoms with van der Waals surface area (Å²) in [5, 5.41) is 6.20. The van der Waals surface area contributed by atoms with Gasteiger partial charge in [-0.1, -0.05) is 25.4 Å². The molecule has 0 spiro atoms. The van der Waals surface area contributed by atoms with Gasteiger partial charge in [-0.2, -0.15) is 0 Å². The molecule has 1 saturated heterocycles. The van der Waals surface area contributed by atoms with Crippen LogP contribution in [0.4, 0.5) is 16.2 Å². The van der Waals surface area contributed by atoms with Crippen molar-refractivity contribution in [3.8, 4) is 0 Å². The highest BCUT2D eigenvalue weighted by atomic mass is 35.5. The van der Waals surface area contributed by atoms with Crippen molar-refractivity contribution >= 4 is 40.8 Å². The van der Waals surface area contributed by atoms with Gasteiger partial charge < -0.3 is 25.3 Å². The van der Waals surface area contributed by atoms with E-state index in [0.29, 0.717) is 36.9 Å². The minimum Gasteiger partial charge on any atom is -0.368 e. The number of piperazine rings is 1. The van der Waals surface area contributed by atoms with Crippen LogP contribution in [-0.4, -0.2) is 72.5 Å². The molecule has 1 aromatic rings. The van der Waals surface area contributed by atoms with E-state index in [9.17, 15) is 14.4 Å². The van der Waals surface area contributed by atoms with Crippen molar-refractivity contribution in [1.29, 1.82) is 0 Å². The number of nitrogens with one attached hydrogen (secondary N) is 2. The zero-order valence-corrected chi connectivity index (χ0v) is 20.7. The number of nitrogens with zero attached hydrogens (tertiary/aromatic N) is 3. The third-order valence-corrected chi connectivity index (χ3v) is 5.61. The van der Waals surface area contributed by atoms with Crippen molar-refractivity contribution in [1.82, 2.24) is 15.1 Å². The van der Waals surface area contributed by atoms with Gasteiger partial charge in [0.1, 0.15) is 6.54 Å². The monoisotopic (exact) mass is 465 g/mol. The van der Waals surface area contributed by atoms with E-state index < -0.39 is 0 Å². The standard InChI is InChI=1S/C23H36ClN5O3/c1-15(2)22(31)29(17(5)6)14-21(30)26-20-13-18(7-8-19(20)24)27-9-11-28(12-10-27)23(32)25-16(3)4/h7-8,13,15-17H,9-12,14H2,1-6H3,(H,25,32)(H,26,30). The minimum atomic E-state index is -0.290. The molecule has 2 rings (SSSR count). The van der Waals surface area contributed by atoms with Crippen LogP contribution in [0.3, 0.4) is 0 Å². The Morgan fingerprint density at radius 3 is 2.19 bits per heavy atom. The molecule has 1 fully saturated rings. The van der Waals surface area contributed by atoms with Gasteiger partial charge in [-0.15, -0.1) is 0 Å². The molecule has 4 amide bonds. The summed E-state index contributed by atoms with van der Waals surface area (Å²) in [4.78, 5) is 42.8. The van der Waals surface area contributed by atoms with Crippen molar-refractivity contribution in [2.45, 2.75) is 53.6 Å². The first-order chi connectivity index (χ1) is 15.0. The summed E-state index contributed by atoms with van der Waals surface area (Å²) in [5.41, 5.74) is 1.43. The summed E-state index contributed by atoms with van der Waals surface area (Å²) in [7, 11) is 0. The number of hydrogen-bond acceptors (Lipinski definition) is 4. The Balaban J connectivity index is 2.03. The van der Waals surface area contributed by atoms with Gasteiger partial charge in [-0.05, 0) is 45.9 Å². The van der Waals surface area contributed by atoms with Gasteiger partial charge in [0.25, 0.3) is 0 Å². The van der Waals surface area contributed by atoms with Crippen LogP contribution in [0, 0.1) is 5.92 Å². The summed E-state index contributed by atoms with van der Waals surface area (Å²) < 4.78 is 0. The molecule has 0 atom stereocenters. The number of amides is 4. The topological polar surface area (TPSA) is 85.0 Å². The first-order valence-electron chi connectivity index (χ1n) is 11.2.